The molecule has 2 bridgehead atoms. The fraction of sp³-hybridized carbons (Fsp3) is 0.833. The van der Waals surface area contributed by atoms with E-state index in [9.17, 15) is 14.7 Å². The van der Waals surface area contributed by atoms with Crippen LogP contribution in [0.2, 0.25) is 0 Å². The van der Waals surface area contributed by atoms with Gasteiger partial charge < -0.3 is 20.4 Å². The highest BCUT2D eigenvalue weighted by molar-refractivity contribution is 5.86. The molecule has 3 fully saturated rings. The number of nitrogens with one attached hydrogen (secondary N) is 1. The van der Waals surface area contributed by atoms with Crippen molar-refractivity contribution in [2.45, 2.75) is 49.9 Å². The molecule has 3 rings (SSSR count). The zero-order valence-corrected chi connectivity index (χ0v) is 10.1. The van der Waals surface area contributed by atoms with Crippen LogP contribution in [-0.2, 0) is 9.59 Å². The Morgan fingerprint density at radius 2 is 2.00 bits per heavy atom. The number of nitrogens with zero attached hydrogens (tertiary/aromatic N) is 1. The summed E-state index contributed by atoms with van der Waals surface area (Å²) in [7, 11) is 0. The average molecular weight is 254 g/mol. The third-order valence-corrected chi connectivity index (χ3v) is 4.46. The number of carboxylic acid groups (broad SMARTS) is 1. The molecular formula is C12H18N2O4. The normalized spacial score (nSPS) is 42.5. The Bertz CT molecular complexity index is 386. The predicted molar refractivity (Wildman–Crippen MR) is 61.8 cm³/mol. The molecule has 6 heteroatoms. The molecule has 0 radical (unpaired) electrons. The molecular weight excluding hydrogens is 236 g/mol. The molecule has 3 aliphatic heterocycles. The van der Waals surface area contributed by atoms with E-state index in [4.69, 9.17) is 5.11 Å². The van der Waals surface area contributed by atoms with Gasteiger partial charge >= 0.3 is 5.97 Å². The number of aliphatic hydroxyl groups is 1. The SMILES string of the molecule is O=C(O)C1CC(O)CN1C(=O)C1CC2CCC1N2. The molecule has 0 aromatic carbocycles. The fourth-order valence-electron chi connectivity index (χ4n) is 3.60. The first-order valence-corrected chi connectivity index (χ1v) is 6.53. The van der Waals surface area contributed by atoms with Crippen molar-refractivity contribution in [1.82, 2.24) is 10.2 Å². The summed E-state index contributed by atoms with van der Waals surface area (Å²) >= 11 is 0. The number of aliphatic hydroxyl groups excluding tert-OH is 1. The van der Waals surface area contributed by atoms with E-state index in [1.807, 2.05) is 0 Å². The number of aliphatic carboxylic acids is 1. The first-order chi connectivity index (χ1) is 8.56. The van der Waals surface area contributed by atoms with E-state index in [0.29, 0.717) is 6.04 Å². The van der Waals surface area contributed by atoms with Crippen molar-refractivity contribution >= 4 is 11.9 Å². The Balaban J connectivity index is 1.73. The highest BCUT2D eigenvalue weighted by Crippen LogP contribution is 2.35. The summed E-state index contributed by atoms with van der Waals surface area (Å²) in [4.78, 5) is 24.9. The van der Waals surface area contributed by atoms with Crippen LogP contribution in [0.5, 0.6) is 0 Å². The summed E-state index contributed by atoms with van der Waals surface area (Å²) in [5, 5.41) is 22.1. The maximum Gasteiger partial charge on any atom is 0.326 e. The lowest BCUT2D eigenvalue weighted by Gasteiger charge is -2.28. The molecule has 3 N–H and O–H groups in total. The minimum atomic E-state index is -1.02. The van der Waals surface area contributed by atoms with Crippen molar-refractivity contribution in [3.8, 4) is 0 Å². The first-order valence-electron chi connectivity index (χ1n) is 6.53. The van der Waals surface area contributed by atoms with E-state index in [2.05, 4.69) is 5.32 Å². The van der Waals surface area contributed by atoms with Gasteiger partial charge in [0, 0.05) is 25.0 Å². The molecule has 6 nitrogen and oxygen atoms in total. The van der Waals surface area contributed by atoms with Crippen molar-refractivity contribution in [2.24, 2.45) is 5.92 Å². The van der Waals surface area contributed by atoms with Crippen LogP contribution in [0.4, 0.5) is 0 Å². The first kappa shape index (κ1) is 11.9. The molecule has 1 amide bonds. The van der Waals surface area contributed by atoms with Crippen LogP contribution in [-0.4, -0.2) is 57.8 Å². The Labute approximate surface area is 105 Å². The molecule has 100 valence electrons. The number of rotatable bonds is 2. The third kappa shape index (κ3) is 1.80. The van der Waals surface area contributed by atoms with Crippen molar-refractivity contribution in [2.75, 3.05) is 6.54 Å². The summed E-state index contributed by atoms with van der Waals surface area (Å²) in [6, 6.07) is -0.235. The highest BCUT2D eigenvalue weighted by atomic mass is 16.4. The molecule has 3 heterocycles. The second kappa shape index (κ2) is 4.20. The lowest BCUT2D eigenvalue weighted by molar-refractivity contribution is -0.150. The van der Waals surface area contributed by atoms with Gasteiger partial charge in [-0.3, -0.25) is 4.79 Å². The number of β-amino-alcohol motifs (C(OH)–C–C–N with tert-alkyl or cyclic N) is 1. The van der Waals surface area contributed by atoms with Gasteiger partial charge in [-0.25, -0.2) is 4.79 Å². The number of hydrogen-bond donors (Lipinski definition) is 3. The van der Waals surface area contributed by atoms with Crippen LogP contribution >= 0.6 is 0 Å². The third-order valence-electron chi connectivity index (χ3n) is 4.46. The van der Waals surface area contributed by atoms with Crippen molar-refractivity contribution < 1.29 is 19.8 Å². The lowest BCUT2D eigenvalue weighted by Crippen LogP contribution is -2.46. The smallest absolute Gasteiger partial charge is 0.326 e. The maximum atomic E-state index is 12.4. The molecule has 0 aromatic rings. The van der Waals surface area contributed by atoms with E-state index in [-0.39, 0.29) is 30.8 Å². The topological polar surface area (TPSA) is 89.9 Å². The molecule has 18 heavy (non-hydrogen) atoms. The molecule has 5 unspecified atom stereocenters. The standard InChI is InChI=1S/C12H18N2O4/c15-7-4-10(12(17)18)14(5-7)11(16)8-3-6-1-2-9(8)13-6/h6-10,13,15H,1-5H2,(H,17,18). The predicted octanol–water partition coefficient (Wildman–Crippen LogP) is -0.827. The second-order valence-electron chi connectivity index (χ2n) is 5.62. The molecule has 3 saturated heterocycles. The summed E-state index contributed by atoms with van der Waals surface area (Å²) < 4.78 is 0. The van der Waals surface area contributed by atoms with Crippen LogP contribution in [0.3, 0.4) is 0 Å². The van der Waals surface area contributed by atoms with Gasteiger partial charge in [-0.1, -0.05) is 0 Å². The van der Waals surface area contributed by atoms with Gasteiger partial charge in [-0.05, 0) is 19.3 Å². The van der Waals surface area contributed by atoms with Gasteiger partial charge in [0.25, 0.3) is 0 Å². The van der Waals surface area contributed by atoms with Gasteiger partial charge in [0.15, 0.2) is 0 Å². The van der Waals surface area contributed by atoms with Crippen molar-refractivity contribution in [3.05, 3.63) is 0 Å². The molecule has 0 saturated carbocycles. The monoisotopic (exact) mass is 254 g/mol. The summed E-state index contributed by atoms with van der Waals surface area (Å²) in [6.45, 7) is 0.156. The Morgan fingerprint density at radius 1 is 1.22 bits per heavy atom. The summed E-state index contributed by atoms with van der Waals surface area (Å²) in [5.41, 5.74) is 0. The zero-order chi connectivity index (χ0) is 12.9. The molecule has 0 aliphatic carbocycles. The number of carbonyl (C=O) groups excluding carboxylic acids is 1. The minimum Gasteiger partial charge on any atom is -0.480 e. The fourth-order valence-corrected chi connectivity index (χ4v) is 3.60. The summed E-state index contributed by atoms with van der Waals surface area (Å²) in [5.74, 6) is -1.22. The van der Waals surface area contributed by atoms with Crippen LogP contribution in [0.15, 0.2) is 0 Å². The molecule has 3 aliphatic rings. The number of likely N-dealkylation sites (tertiary alicyclic amines) is 1. The highest BCUT2D eigenvalue weighted by Gasteiger charge is 2.48. The maximum absolute atomic E-state index is 12.4. The minimum absolute atomic E-state index is 0.0985. The quantitative estimate of drug-likeness (QED) is 0.598. The van der Waals surface area contributed by atoms with Crippen LogP contribution < -0.4 is 5.32 Å². The van der Waals surface area contributed by atoms with Gasteiger partial charge in [-0.2, -0.15) is 0 Å². The van der Waals surface area contributed by atoms with Gasteiger partial charge in [0.05, 0.1) is 12.0 Å². The largest absolute Gasteiger partial charge is 0.480 e. The van der Waals surface area contributed by atoms with E-state index >= 15 is 0 Å². The van der Waals surface area contributed by atoms with E-state index < -0.39 is 18.1 Å². The van der Waals surface area contributed by atoms with E-state index in [1.165, 1.54) is 4.90 Å². The van der Waals surface area contributed by atoms with Crippen LogP contribution in [0, 0.1) is 5.92 Å². The zero-order valence-electron chi connectivity index (χ0n) is 10.1. The second-order valence-corrected chi connectivity index (χ2v) is 5.62. The van der Waals surface area contributed by atoms with E-state index in [1.54, 1.807) is 0 Å². The van der Waals surface area contributed by atoms with Gasteiger partial charge in [0.2, 0.25) is 5.91 Å². The van der Waals surface area contributed by atoms with Gasteiger partial charge in [0.1, 0.15) is 6.04 Å². The van der Waals surface area contributed by atoms with Crippen LogP contribution in [0.1, 0.15) is 25.7 Å². The summed E-state index contributed by atoms with van der Waals surface area (Å²) in [6.07, 6.45) is 2.36. The Kier molecular flexibility index (Phi) is 2.79. The van der Waals surface area contributed by atoms with Crippen LogP contribution in [0.25, 0.3) is 0 Å². The Morgan fingerprint density at radius 3 is 2.56 bits per heavy atom. The molecule has 0 aromatic heterocycles. The Hall–Kier alpha value is -1.14. The number of hydrogen-bond acceptors (Lipinski definition) is 4. The molecule has 5 atom stereocenters. The number of carbonyl (C=O) groups is 2. The lowest BCUT2D eigenvalue weighted by atomic mass is 9.88. The van der Waals surface area contributed by atoms with Crippen molar-refractivity contribution in [3.63, 3.8) is 0 Å². The molecule has 0 spiro atoms. The van der Waals surface area contributed by atoms with Gasteiger partial charge in [-0.15, -0.1) is 0 Å². The van der Waals surface area contributed by atoms with E-state index in [0.717, 1.165) is 19.3 Å². The number of fused-ring (bicyclic) bond motifs is 2. The van der Waals surface area contributed by atoms with Crippen molar-refractivity contribution in [1.29, 1.82) is 0 Å². The average Bonchev–Trinajstić information content (AvgIpc) is 3.01. The number of carboxylic acids is 1. The number of amides is 1.